The summed E-state index contributed by atoms with van der Waals surface area (Å²) >= 11 is 0. The van der Waals surface area contributed by atoms with Gasteiger partial charge in [-0.15, -0.1) is 0 Å². The number of aromatic nitrogens is 1. The summed E-state index contributed by atoms with van der Waals surface area (Å²) in [6, 6.07) is 11.6. The van der Waals surface area contributed by atoms with Crippen molar-refractivity contribution >= 4 is 34.5 Å². The number of benzene rings is 2. The Hall–Kier alpha value is -3.94. The molecule has 3 aromatic rings. The van der Waals surface area contributed by atoms with E-state index in [4.69, 9.17) is 0 Å². The van der Waals surface area contributed by atoms with E-state index in [1.165, 1.54) is 5.56 Å². The average molecular weight is 499 g/mol. The minimum atomic E-state index is -0.604. The Balaban J connectivity index is 1.13. The lowest BCUT2D eigenvalue weighted by Gasteiger charge is -2.32. The highest BCUT2D eigenvalue weighted by molar-refractivity contribution is 6.05. The van der Waals surface area contributed by atoms with Crippen LogP contribution in [-0.4, -0.2) is 57.5 Å². The Bertz CT molecular complexity index is 1460. The fourth-order valence-corrected chi connectivity index (χ4v) is 6.09. The van der Waals surface area contributed by atoms with E-state index in [0.29, 0.717) is 43.2 Å². The Kier molecular flexibility index (Phi) is 5.62. The third kappa shape index (κ3) is 4.00. The number of nitrogens with zero attached hydrogens (tertiary/aromatic N) is 2. The predicted octanol–water partition coefficient (Wildman–Crippen LogP) is 3.57. The monoisotopic (exact) mass is 498 g/mol. The van der Waals surface area contributed by atoms with Crippen LogP contribution in [-0.2, 0) is 16.1 Å². The second-order valence-corrected chi connectivity index (χ2v) is 10.6. The van der Waals surface area contributed by atoms with Crippen LogP contribution in [0.3, 0.4) is 0 Å². The Labute approximate surface area is 215 Å². The molecule has 1 unspecified atom stereocenters. The van der Waals surface area contributed by atoms with Crippen LogP contribution in [0.5, 0.6) is 0 Å². The van der Waals surface area contributed by atoms with Crippen molar-refractivity contribution in [3.63, 3.8) is 0 Å². The first kappa shape index (κ1) is 23.5. The van der Waals surface area contributed by atoms with Crippen molar-refractivity contribution in [2.24, 2.45) is 0 Å². The summed E-state index contributed by atoms with van der Waals surface area (Å²) in [4.78, 5) is 57.0. The molecule has 4 heterocycles. The van der Waals surface area contributed by atoms with Crippen molar-refractivity contribution < 1.29 is 19.2 Å². The van der Waals surface area contributed by atoms with Gasteiger partial charge < -0.3 is 14.8 Å². The van der Waals surface area contributed by atoms with Crippen molar-refractivity contribution in [2.45, 2.75) is 58.0 Å². The molecule has 0 radical (unpaired) electrons. The van der Waals surface area contributed by atoms with Gasteiger partial charge in [-0.05, 0) is 73.4 Å². The van der Waals surface area contributed by atoms with Crippen LogP contribution in [0.4, 0.5) is 0 Å². The number of aryl methyl sites for hydroxylation is 2. The Morgan fingerprint density at radius 2 is 1.76 bits per heavy atom. The van der Waals surface area contributed by atoms with Crippen LogP contribution in [0, 0.1) is 13.8 Å². The number of fused-ring (bicyclic) bond motifs is 2. The van der Waals surface area contributed by atoms with Crippen LogP contribution in [0.15, 0.2) is 36.4 Å². The number of likely N-dealkylation sites (tertiary alicyclic amines) is 1. The van der Waals surface area contributed by atoms with Crippen molar-refractivity contribution in [1.82, 2.24) is 20.1 Å². The average Bonchev–Trinajstić information content (AvgIpc) is 3.39. The summed E-state index contributed by atoms with van der Waals surface area (Å²) in [6.07, 6.45) is 2.32. The lowest BCUT2D eigenvalue weighted by atomic mass is 9.87. The molecular weight excluding hydrogens is 468 g/mol. The lowest BCUT2D eigenvalue weighted by molar-refractivity contribution is -0.136. The van der Waals surface area contributed by atoms with Gasteiger partial charge in [0.05, 0.1) is 0 Å². The maximum absolute atomic E-state index is 13.3. The van der Waals surface area contributed by atoms with Crippen LogP contribution in [0.25, 0.3) is 10.9 Å². The van der Waals surface area contributed by atoms with E-state index in [0.717, 1.165) is 40.4 Å². The van der Waals surface area contributed by atoms with E-state index in [1.807, 2.05) is 30.9 Å². The van der Waals surface area contributed by atoms with Gasteiger partial charge in [0.2, 0.25) is 11.8 Å². The number of carbonyl (C=O) groups is 4. The molecule has 2 aromatic carbocycles. The number of amides is 4. The molecule has 3 aliphatic rings. The summed E-state index contributed by atoms with van der Waals surface area (Å²) in [5, 5.41) is 3.43. The minimum Gasteiger partial charge on any atom is -0.350 e. The normalized spacial score (nSPS) is 20.5. The van der Waals surface area contributed by atoms with E-state index in [-0.39, 0.29) is 24.1 Å². The second kappa shape index (κ2) is 8.87. The molecule has 0 bridgehead atoms. The third-order valence-corrected chi connectivity index (χ3v) is 8.23. The van der Waals surface area contributed by atoms with Crippen molar-refractivity contribution in [1.29, 1.82) is 0 Å². The minimum absolute atomic E-state index is 0.0456. The largest absolute Gasteiger partial charge is 0.350 e. The SMILES string of the molecule is Cc1ccc2c(C)c(C(=O)N3CCC(c4ccc5c(c4)CN(C4CCC(=O)NC4=O)C5=O)CC3)[nH]c2c1. The maximum Gasteiger partial charge on any atom is 0.270 e. The predicted molar refractivity (Wildman–Crippen MR) is 138 cm³/mol. The summed E-state index contributed by atoms with van der Waals surface area (Å²) in [7, 11) is 0. The van der Waals surface area contributed by atoms with Crippen LogP contribution in [0.2, 0.25) is 0 Å². The summed E-state index contributed by atoms with van der Waals surface area (Å²) in [5.74, 6) is -0.479. The Morgan fingerprint density at radius 3 is 2.51 bits per heavy atom. The number of hydrogen-bond acceptors (Lipinski definition) is 4. The van der Waals surface area contributed by atoms with Gasteiger partial charge >= 0.3 is 0 Å². The third-order valence-electron chi connectivity index (χ3n) is 8.23. The molecule has 2 N–H and O–H groups in total. The van der Waals surface area contributed by atoms with Crippen LogP contribution < -0.4 is 5.32 Å². The quantitative estimate of drug-likeness (QED) is 0.539. The maximum atomic E-state index is 13.3. The molecule has 3 aliphatic heterocycles. The number of piperidine rings is 2. The number of hydrogen-bond donors (Lipinski definition) is 2. The molecule has 0 aliphatic carbocycles. The lowest BCUT2D eigenvalue weighted by Crippen LogP contribution is -2.52. The highest BCUT2D eigenvalue weighted by atomic mass is 16.2. The molecule has 8 heteroatoms. The molecule has 2 fully saturated rings. The summed E-state index contributed by atoms with van der Waals surface area (Å²) < 4.78 is 0. The van der Waals surface area contributed by atoms with Gasteiger partial charge in [-0.3, -0.25) is 24.5 Å². The van der Waals surface area contributed by atoms with E-state index in [2.05, 4.69) is 34.6 Å². The highest BCUT2D eigenvalue weighted by Crippen LogP contribution is 2.34. The van der Waals surface area contributed by atoms with E-state index in [9.17, 15) is 19.2 Å². The molecular formula is C29H30N4O4. The first-order valence-electron chi connectivity index (χ1n) is 13.0. The number of imide groups is 1. The topological polar surface area (TPSA) is 103 Å². The smallest absolute Gasteiger partial charge is 0.270 e. The van der Waals surface area contributed by atoms with Crippen molar-refractivity contribution in [2.75, 3.05) is 13.1 Å². The second-order valence-electron chi connectivity index (χ2n) is 10.6. The van der Waals surface area contributed by atoms with Crippen molar-refractivity contribution in [3.05, 3.63) is 69.9 Å². The zero-order chi connectivity index (χ0) is 25.8. The first-order chi connectivity index (χ1) is 17.8. The molecule has 37 heavy (non-hydrogen) atoms. The fraction of sp³-hybridized carbons (Fsp3) is 0.379. The summed E-state index contributed by atoms with van der Waals surface area (Å²) in [5.41, 5.74) is 6.54. The fourth-order valence-electron chi connectivity index (χ4n) is 6.09. The van der Waals surface area contributed by atoms with E-state index < -0.39 is 11.9 Å². The number of aromatic amines is 1. The zero-order valence-electron chi connectivity index (χ0n) is 21.1. The Morgan fingerprint density at radius 1 is 0.973 bits per heavy atom. The van der Waals surface area contributed by atoms with E-state index >= 15 is 0 Å². The molecule has 2 saturated heterocycles. The molecule has 0 spiro atoms. The van der Waals surface area contributed by atoms with Crippen molar-refractivity contribution in [3.8, 4) is 0 Å². The molecule has 4 amide bonds. The highest BCUT2D eigenvalue weighted by Gasteiger charge is 2.39. The summed E-state index contributed by atoms with van der Waals surface area (Å²) in [6.45, 7) is 5.78. The molecule has 1 aromatic heterocycles. The molecule has 1 atom stereocenters. The number of H-pyrrole nitrogens is 1. The standard InChI is InChI=1S/C29H30N4O4/c1-16-3-5-21-17(2)26(30-23(21)13-16)29(37)32-11-9-18(10-12-32)19-4-6-22-20(14-19)15-33(28(22)36)24-7-8-25(34)31-27(24)35/h3-6,13-14,18,24,30H,7-12,15H2,1-2H3,(H,31,34,35). The van der Waals surface area contributed by atoms with Gasteiger partial charge in [0.1, 0.15) is 11.7 Å². The van der Waals surface area contributed by atoms with Gasteiger partial charge in [0, 0.05) is 42.5 Å². The number of rotatable bonds is 3. The van der Waals surface area contributed by atoms with Crippen LogP contribution in [0.1, 0.15) is 74.7 Å². The van der Waals surface area contributed by atoms with Gasteiger partial charge in [0.15, 0.2) is 0 Å². The number of carbonyl (C=O) groups excluding carboxylic acids is 4. The molecule has 190 valence electrons. The molecule has 0 saturated carbocycles. The van der Waals surface area contributed by atoms with E-state index in [1.54, 1.807) is 4.90 Å². The van der Waals surface area contributed by atoms with Gasteiger partial charge in [-0.1, -0.05) is 24.3 Å². The first-order valence-corrected chi connectivity index (χ1v) is 13.0. The van der Waals surface area contributed by atoms with Crippen LogP contribution >= 0.6 is 0 Å². The molecule has 6 rings (SSSR count). The number of nitrogens with one attached hydrogen (secondary N) is 2. The van der Waals surface area contributed by atoms with Gasteiger partial charge in [-0.25, -0.2) is 0 Å². The van der Waals surface area contributed by atoms with Gasteiger partial charge in [-0.2, -0.15) is 0 Å². The zero-order valence-corrected chi connectivity index (χ0v) is 21.1. The molecule has 8 nitrogen and oxygen atoms in total. The van der Waals surface area contributed by atoms with Gasteiger partial charge in [0.25, 0.3) is 11.8 Å².